The second kappa shape index (κ2) is 11.8. The number of rotatable bonds is 4. The van der Waals surface area contributed by atoms with E-state index >= 15 is 0 Å². The first kappa shape index (κ1) is 31.6. The summed E-state index contributed by atoms with van der Waals surface area (Å²) in [5.41, 5.74) is 4.63. The number of amides is 1. The molecule has 4 aliphatic rings. The van der Waals surface area contributed by atoms with Gasteiger partial charge in [0.05, 0.1) is 30.8 Å². The predicted octanol–water partition coefficient (Wildman–Crippen LogP) is 3.13. The molecule has 1 unspecified atom stereocenters. The zero-order chi connectivity index (χ0) is 30.3. The maximum absolute atomic E-state index is 13.3. The summed E-state index contributed by atoms with van der Waals surface area (Å²) < 4.78 is 17.3. The summed E-state index contributed by atoms with van der Waals surface area (Å²) in [4.78, 5) is 21.4. The fourth-order valence-electron chi connectivity index (χ4n) is 7.69. The van der Waals surface area contributed by atoms with Gasteiger partial charge in [-0.25, -0.2) is 4.98 Å². The molecule has 1 radical (unpaired) electrons. The summed E-state index contributed by atoms with van der Waals surface area (Å²) in [7, 11) is 3.49. The minimum Gasteiger partial charge on any atom is -0.507 e. The summed E-state index contributed by atoms with van der Waals surface area (Å²) in [6.45, 7) is 3.74. The molecule has 13 heteroatoms. The zero-order valence-electron chi connectivity index (χ0n) is 24.8. The molecule has 11 nitrogen and oxygen atoms in total. The Labute approximate surface area is 295 Å². The van der Waals surface area contributed by atoms with Gasteiger partial charge < -0.3 is 34.8 Å². The van der Waals surface area contributed by atoms with Crippen LogP contribution >= 0.6 is 11.6 Å². The first-order chi connectivity index (χ1) is 20.6. The molecule has 5 heterocycles. The van der Waals surface area contributed by atoms with Gasteiger partial charge in [-0.3, -0.25) is 14.6 Å². The zero-order valence-corrected chi connectivity index (χ0v) is 30.3. The molecule has 0 spiro atoms. The van der Waals surface area contributed by atoms with Gasteiger partial charge in [0, 0.05) is 85.1 Å². The van der Waals surface area contributed by atoms with E-state index in [9.17, 15) is 20.1 Å². The average Bonchev–Trinajstić information content (AvgIpc) is 3.47. The van der Waals surface area contributed by atoms with Crippen molar-refractivity contribution in [3.8, 4) is 28.7 Å². The standard InChI is InChI=1S/C31H33ClN4O7.Ac/c1-13-8-15-9-19-31(40)36-18(23(35(19)3)21(15)25(38)26(13)41-4)10-17-22(28-27(42-12-43-28)14(2)24(17)37)20(36)11-34-30(39)16-6-5-7-33-29(16)32;/h5-8,18-20,23,31,37-38,40H,9-12H2,1-4H3,(H,34,39);/t18?,19-,20-,23-,31-;/m0./s1. The van der Waals surface area contributed by atoms with Crippen molar-refractivity contribution in [2.45, 2.75) is 57.1 Å². The molecule has 4 N–H and O–H groups in total. The van der Waals surface area contributed by atoms with E-state index in [4.69, 9.17) is 25.8 Å². The van der Waals surface area contributed by atoms with Gasteiger partial charge >= 0.3 is 0 Å². The van der Waals surface area contributed by atoms with Gasteiger partial charge in [-0.05, 0) is 57.0 Å². The summed E-state index contributed by atoms with van der Waals surface area (Å²) in [5.74, 6) is 1.12. The van der Waals surface area contributed by atoms with Crippen molar-refractivity contribution in [1.82, 2.24) is 20.1 Å². The number of hydrogen-bond acceptors (Lipinski definition) is 10. The average molecular weight is 836 g/mol. The number of phenolic OH excluding ortho intramolecular Hbond substituents is 2. The van der Waals surface area contributed by atoms with Crippen molar-refractivity contribution in [2.24, 2.45) is 0 Å². The third kappa shape index (κ3) is 4.59. The van der Waals surface area contributed by atoms with Crippen LogP contribution in [-0.4, -0.2) is 81.8 Å². The molecule has 229 valence electrons. The molecular weight excluding hydrogens is 803 g/mol. The van der Waals surface area contributed by atoms with Crippen molar-refractivity contribution in [2.75, 3.05) is 27.5 Å². The molecule has 1 amide bonds. The number of ether oxygens (including phenoxy) is 3. The van der Waals surface area contributed by atoms with E-state index in [0.717, 1.165) is 16.7 Å². The summed E-state index contributed by atoms with van der Waals surface area (Å²) >= 11 is 6.22. The number of nitrogens with zero attached hydrogens (tertiary/aromatic N) is 3. The third-order valence-electron chi connectivity index (χ3n) is 9.58. The minimum atomic E-state index is -0.942. The molecule has 1 saturated heterocycles. The smallest absolute Gasteiger partial charge is 0.254 e. The number of fused-ring (bicyclic) bond motifs is 9. The summed E-state index contributed by atoms with van der Waals surface area (Å²) in [5, 5.41) is 38.2. The second-order valence-electron chi connectivity index (χ2n) is 11.7. The number of aliphatic hydroxyl groups excluding tert-OH is 1. The number of likely N-dealkylation sites (N-methyl/N-ethyl adjacent to an activating group) is 1. The molecular formula is C31H33AcClN4O7. The van der Waals surface area contributed by atoms with E-state index in [0.29, 0.717) is 46.8 Å². The number of piperazine rings is 1. The van der Waals surface area contributed by atoms with Gasteiger partial charge in [-0.15, -0.1) is 0 Å². The number of phenols is 2. The number of pyridine rings is 1. The summed E-state index contributed by atoms with van der Waals surface area (Å²) in [6, 6.07) is 3.59. The van der Waals surface area contributed by atoms with Gasteiger partial charge in [-0.1, -0.05) is 17.7 Å². The van der Waals surface area contributed by atoms with Crippen LogP contribution in [0.1, 0.15) is 55.8 Å². The van der Waals surface area contributed by atoms with E-state index < -0.39 is 24.2 Å². The number of hydrogen-bond donors (Lipinski definition) is 4. The minimum absolute atomic E-state index is 0. The predicted molar refractivity (Wildman–Crippen MR) is 156 cm³/mol. The molecule has 1 fully saturated rings. The van der Waals surface area contributed by atoms with Crippen molar-refractivity contribution in [3.05, 3.63) is 68.5 Å². The number of aromatic hydroxyl groups is 2. The van der Waals surface area contributed by atoms with Crippen LogP contribution in [0.25, 0.3) is 0 Å². The Kier molecular flexibility index (Phi) is 8.48. The molecule has 7 rings (SSSR count). The number of aryl methyl sites for hydroxylation is 1. The van der Waals surface area contributed by atoms with Crippen molar-refractivity contribution >= 4 is 17.5 Å². The third-order valence-corrected chi connectivity index (χ3v) is 9.88. The molecule has 3 aromatic rings. The molecule has 0 saturated carbocycles. The van der Waals surface area contributed by atoms with Crippen LogP contribution in [0.3, 0.4) is 0 Å². The molecule has 2 bridgehead atoms. The molecule has 44 heavy (non-hydrogen) atoms. The number of carbonyl (C=O) groups excluding carboxylic acids is 1. The Morgan fingerprint density at radius 3 is 2.64 bits per heavy atom. The maximum Gasteiger partial charge on any atom is 0.254 e. The largest absolute Gasteiger partial charge is 0.507 e. The molecule has 1 aromatic heterocycles. The van der Waals surface area contributed by atoms with Crippen LogP contribution in [0.5, 0.6) is 28.7 Å². The quantitative estimate of drug-likeness (QED) is 0.291. The molecule has 2 aromatic carbocycles. The fourth-order valence-corrected chi connectivity index (χ4v) is 7.90. The van der Waals surface area contributed by atoms with Crippen LogP contribution in [0, 0.1) is 57.9 Å². The van der Waals surface area contributed by atoms with Crippen LogP contribution in [0.15, 0.2) is 24.4 Å². The van der Waals surface area contributed by atoms with Gasteiger partial charge in [0.25, 0.3) is 5.91 Å². The Morgan fingerprint density at radius 2 is 1.91 bits per heavy atom. The normalized spacial score (nSPS) is 24.9. The van der Waals surface area contributed by atoms with E-state index in [1.165, 1.54) is 13.3 Å². The molecule has 0 aliphatic carbocycles. The summed E-state index contributed by atoms with van der Waals surface area (Å²) in [6.07, 6.45) is 1.42. The van der Waals surface area contributed by atoms with E-state index in [1.54, 1.807) is 19.1 Å². The van der Waals surface area contributed by atoms with E-state index in [1.807, 2.05) is 24.9 Å². The van der Waals surface area contributed by atoms with Crippen molar-refractivity contribution in [3.63, 3.8) is 0 Å². The number of benzene rings is 2. The first-order valence-corrected chi connectivity index (χ1v) is 14.6. The van der Waals surface area contributed by atoms with E-state index in [-0.39, 0.29) is 91.7 Å². The number of aromatic nitrogens is 1. The SMILES string of the molecule is COc1c(C)cc2c(c1O)[C@@H]1C3Cc4c(O)c(C)c5c(c4[C@H](CNC(=O)c4cccnc4Cl)N3[C@@H](O)[C@H](C2)N1C)OCO5.[Ac]. The Morgan fingerprint density at radius 1 is 1.16 bits per heavy atom. The maximum atomic E-state index is 13.3. The van der Waals surface area contributed by atoms with Crippen LogP contribution in [0.4, 0.5) is 0 Å². The number of aliphatic hydroxyl groups is 1. The van der Waals surface area contributed by atoms with Crippen LogP contribution < -0.4 is 19.5 Å². The van der Waals surface area contributed by atoms with Crippen molar-refractivity contribution in [1.29, 1.82) is 0 Å². The number of methoxy groups -OCH3 is 1. The second-order valence-corrected chi connectivity index (χ2v) is 12.0. The van der Waals surface area contributed by atoms with Crippen molar-refractivity contribution < 1.29 is 78.4 Å². The fraction of sp³-hybridized carbons (Fsp3) is 0.419. The first-order valence-electron chi connectivity index (χ1n) is 14.2. The van der Waals surface area contributed by atoms with Gasteiger partial charge in [0.2, 0.25) is 6.79 Å². The van der Waals surface area contributed by atoms with E-state index in [2.05, 4.69) is 15.2 Å². The monoisotopic (exact) mass is 835 g/mol. The van der Waals surface area contributed by atoms with Gasteiger partial charge in [-0.2, -0.15) is 0 Å². The Bertz CT molecular complexity index is 1670. The van der Waals surface area contributed by atoms with Gasteiger partial charge in [0.15, 0.2) is 23.0 Å². The van der Waals surface area contributed by atoms with Crippen LogP contribution in [0.2, 0.25) is 5.15 Å². The number of carbonyl (C=O) groups is 1. The van der Waals surface area contributed by atoms with Gasteiger partial charge in [0.1, 0.15) is 17.1 Å². The Hall–Kier alpha value is -2.33. The number of nitrogens with one attached hydrogen (secondary N) is 1. The molecule has 5 atom stereocenters. The molecule has 4 aliphatic heterocycles. The number of halogens is 1. The van der Waals surface area contributed by atoms with Crippen LogP contribution in [-0.2, 0) is 12.8 Å². The Balaban J connectivity index is 0.00000343. The topological polar surface area (TPSA) is 137 Å².